The van der Waals surface area contributed by atoms with Crippen LogP contribution in [0.2, 0.25) is 0 Å². The molecular formula is C22H14F7N3O6. The average Bonchev–Trinajstić information content (AvgIpc) is 2.80. The maximum Gasteiger partial charge on any atom is 0.573 e. The van der Waals surface area contributed by atoms with Gasteiger partial charge >= 0.3 is 12.7 Å². The fourth-order valence-corrected chi connectivity index (χ4v) is 2.81. The van der Waals surface area contributed by atoms with E-state index in [1.807, 2.05) is 0 Å². The zero-order chi connectivity index (χ0) is 30.8. The molecule has 3 aromatic rings. The Morgan fingerprint density at radius 1 is 0.921 bits per heavy atom. The van der Waals surface area contributed by atoms with Crippen LogP contribution in [0, 0.1) is 5.82 Å². The second-order valence-electron chi connectivity index (χ2n) is 6.91. The van der Waals surface area contributed by atoms with Crippen LogP contribution in [-0.4, -0.2) is 36.6 Å². The molecule has 0 bridgehead atoms. The van der Waals surface area contributed by atoms with Crippen LogP contribution in [0.3, 0.4) is 0 Å². The fourth-order valence-electron chi connectivity index (χ4n) is 2.81. The lowest BCUT2D eigenvalue weighted by Crippen LogP contribution is -2.21. The zero-order valence-corrected chi connectivity index (χ0v) is 18.2. The van der Waals surface area contributed by atoms with Crippen molar-refractivity contribution in [3.8, 4) is 28.7 Å². The van der Waals surface area contributed by atoms with Gasteiger partial charge in [0.25, 0.3) is 11.8 Å². The van der Waals surface area contributed by atoms with Crippen molar-refractivity contribution in [1.29, 1.82) is 0 Å². The molecule has 0 saturated heterocycles. The van der Waals surface area contributed by atoms with Gasteiger partial charge in [0.2, 0.25) is 0 Å². The number of hydrogen-bond donors (Lipinski definition) is 2. The maximum atomic E-state index is 15.2. The molecule has 38 heavy (non-hydrogen) atoms. The number of benzene rings is 2. The van der Waals surface area contributed by atoms with Crippen LogP contribution in [0.25, 0.3) is 0 Å². The first kappa shape index (κ1) is 23.6. The van der Waals surface area contributed by atoms with Crippen molar-refractivity contribution in [1.82, 2.24) is 4.98 Å². The summed E-state index contributed by atoms with van der Waals surface area (Å²) in [6.07, 6.45) is -9.67. The van der Waals surface area contributed by atoms with Gasteiger partial charge in [-0.1, -0.05) is 0 Å². The van der Waals surface area contributed by atoms with Gasteiger partial charge in [-0.3, -0.25) is 9.59 Å². The number of anilines is 1. The van der Waals surface area contributed by atoms with Crippen molar-refractivity contribution < 1.29 is 63.4 Å². The summed E-state index contributed by atoms with van der Waals surface area (Å²) in [6.45, 7) is 0. The molecule has 0 atom stereocenters. The summed E-state index contributed by atoms with van der Waals surface area (Å²) in [7, 11) is -3.26. The summed E-state index contributed by atoms with van der Waals surface area (Å²) in [5.74, 6) is -9.15. The molecule has 16 heteroatoms. The lowest BCUT2D eigenvalue weighted by atomic mass is 10.1. The van der Waals surface area contributed by atoms with Gasteiger partial charge in [-0.15, -0.1) is 26.3 Å². The van der Waals surface area contributed by atoms with Crippen LogP contribution in [0.1, 0.15) is 25.0 Å². The number of carbonyl (C=O) groups is 2. The van der Waals surface area contributed by atoms with Crippen molar-refractivity contribution in [2.45, 2.75) is 12.7 Å². The zero-order valence-electron chi connectivity index (χ0n) is 21.2. The summed E-state index contributed by atoms with van der Waals surface area (Å²) in [6, 6.07) is 5.03. The normalized spacial score (nSPS) is 13.0. The lowest BCUT2D eigenvalue weighted by molar-refractivity contribution is -0.276. The summed E-state index contributed by atoms with van der Waals surface area (Å²) in [4.78, 5) is 27.8. The number of halogens is 7. The highest BCUT2D eigenvalue weighted by Gasteiger charge is 2.35. The molecule has 0 aliphatic rings. The largest absolute Gasteiger partial charge is 0.573 e. The third-order valence-corrected chi connectivity index (χ3v) is 4.27. The van der Waals surface area contributed by atoms with E-state index in [4.69, 9.17) is 14.6 Å². The monoisotopic (exact) mass is 552 g/mol. The van der Waals surface area contributed by atoms with Gasteiger partial charge < -0.3 is 30.0 Å². The van der Waals surface area contributed by atoms with Gasteiger partial charge in [0.15, 0.2) is 23.1 Å². The first-order valence-electron chi connectivity index (χ1n) is 11.2. The van der Waals surface area contributed by atoms with E-state index < -0.39 is 71.7 Å². The van der Waals surface area contributed by atoms with E-state index in [2.05, 4.69) is 24.5 Å². The molecule has 0 aliphatic heterocycles. The number of rotatable bonds is 8. The summed E-state index contributed by atoms with van der Waals surface area (Å²) in [5.41, 5.74) is 3.42. The van der Waals surface area contributed by atoms with E-state index in [1.54, 1.807) is 0 Å². The van der Waals surface area contributed by atoms with Crippen molar-refractivity contribution in [3.05, 3.63) is 65.7 Å². The molecule has 0 aliphatic carbocycles. The number of amides is 2. The molecule has 0 radical (unpaired) electrons. The van der Waals surface area contributed by atoms with Crippen LogP contribution in [0.4, 0.5) is 36.4 Å². The number of nitrogens with one attached hydrogen (secondary N) is 1. The molecule has 2 amide bonds. The third-order valence-electron chi connectivity index (χ3n) is 4.27. The second kappa shape index (κ2) is 10.7. The van der Waals surface area contributed by atoms with E-state index in [0.717, 1.165) is 18.3 Å². The van der Waals surface area contributed by atoms with E-state index in [-0.39, 0.29) is 11.4 Å². The van der Waals surface area contributed by atoms with Crippen molar-refractivity contribution in [2.75, 3.05) is 12.4 Å². The predicted octanol–water partition coefficient (Wildman–Crippen LogP) is 5.17. The first-order valence-corrected chi connectivity index (χ1v) is 9.73. The smallest absolute Gasteiger partial charge is 0.493 e. The Bertz CT molecular complexity index is 1450. The number of pyridine rings is 1. The predicted molar refractivity (Wildman–Crippen MR) is 114 cm³/mol. The van der Waals surface area contributed by atoms with E-state index in [1.165, 1.54) is 0 Å². The topological polar surface area (TPSA) is 122 Å². The number of primary amides is 1. The molecule has 2 aromatic carbocycles. The van der Waals surface area contributed by atoms with E-state index in [0.29, 0.717) is 30.3 Å². The van der Waals surface area contributed by atoms with Crippen molar-refractivity contribution in [3.63, 3.8) is 0 Å². The second-order valence-corrected chi connectivity index (χ2v) is 6.91. The van der Waals surface area contributed by atoms with Gasteiger partial charge in [0.05, 0.1) is 23.0 Å². The summed E-state index contributed by atoms with van der Waals surface area (Å²) in [5, 5.41) is 2.09. The molecule has 0 saturated carbocycles. The number of nitrogens with zero attached hydrogens (tertiary/aromatic N) is 1. The van der Waals surface area contributed by atoms with Crippen LogP contribution >= 0.6 is 0 Å². The SMILES string of the molecule is [2H]C([2H])([2H])Oc1cc(OC(F)(F)F)ccc1Oc1ccc(OC(F)(F)F)c(F)c1C(=O)Nc1ccc(C(N)=O)nc1. The molecule has 1 aromatic heterocycles. The number of nitrogens with two attached hydrogens (primary N) is 1. The molecule has 3 rings (SSSR count). The number of alkyl halides is 6. The summed E-state index contributed by atoms with van der Waals surface area (Å²) >= 11 is 0. The number of methoxy groups -OCH3 is 1. The third kappa shape index (κ3) is 7.14. The summed E-state index contributed by atoms with van der Waals surface area (Å²) < 4.78 is 130. The minimum Gasteiger partial charge on any atom is -0.493 e. The Labute approximate surface area is 212 Å². The number of carbonyl (C=O) groups excluding carboxylic acids is 2. The molecular weight excluding hydrogens is 535 g/mol. The Balaban J connectivity index is 2.08. The highest BCUT2D eigenvalue weighted by Crippen LogP contribution is 2.40. The Morgan fingerprint density at radius 3 is 2.16 bits per heavy atom. The quantitative estimate of drug-likeness (QED) is 0.370. The van der Waals surface area contributed by atoms with Crippen LogP contribution in [0.15, 0.2) is 48.7 Å². The van der Waals surface area contributed by atoms with E-state index >= 15 is 4.39 Å². The van der Waals surface area contributed by atoms with Crippen LogP contribution < -0.4 is 30.0 Å². The van der Waals surface area contributed by atoms with Gasteiger partial charge in [-0.05, 0) is 36.4 Å². The molecule has 3 N–H and O–H groups in total. The Hall–Kier alpha value is -4.76. The number of aromatic nitrogens is 1. The highest BCUT2D eigenvalue weighted by atomic mass is 19.4. The minimum absolute atomic E-state index is 0.187. The molecule has 0 fully saturated rings. The van der Waals surface area contributed by atoms with Crippen molar-refractivity contribution in [2.24, 2.45) is 5.73 Å². The maximum absolute atomic E-state index is 15.2. The number of ether oxygens (including phenoxy) is 4. The molecule has 0 spiro atoms. The Morgan fingerprint density at radius 2 is 1.58 bits per heavy atom. The van der Waals surface area contributed by atoms with Crippen LogP contribution in [0.5, 0.6) is 28.7 Å². The molecule has 0 unspecified atom stereocenters. The first-order chi connectivity index (χ1) is 18.8. The minimum atomic E-state index is -5.39. The van der Waals surface area contributed by atoms with Gasteiger partial charge in [0, 0.05) is 6.07 Å². The van der Waals surface area contributed by atoms with E-state index in [9.17, 15) is 35.9 Å². The van der Waals surface area contributed by atoms with Crippen LogP contribution in [-0.2, 0) is 0 Å². The van der Waals surface area contributed by atoms with Gasteiger partial charge in [-0.25, -0.2) is 9.37 Å². The highest BCUT2D eigenvalue weighted by molar-refractivity contribution is 6.07. The van der Waals surface area contributed by atoms with Crippen molar-refractivity contribution >= 4 is 17.5 Å². The lowest BCUT2D eigenvalue weighted by Gasteiger charge is -2.17. The van der Waals surface area contributed by atoms with Gasteiger partial charge in [0.1, 0.15) is 22.8 Å². The number of hydrogen-bond acceptors (Lipinski definition) is 7. The average molecular weight is 552 g/mol. The van der Waals surface area contributed by atoms with Gasteiger partial charge in [-0.2, -0.15) is 0 Å². The molecule has 202 valence electrons. The Kier molecular flexibility index (Phi) is 6.65. The fraction of sp³-hybridized carbons (Fsp3) is 0.136. The molecule has 1 heterocycles. The standard InChI is InChI=1S/C22H14F7N3O6/c1-35-16-8-11(37-21(24,25)26)3-5-13(16)36-14-6-7-15(38-22(27,28)29)18(23)17(14)20(34)32-10-2-4-12(19(30)33)31-9-10/h2-9H,1H3,(H2,30,33)(H,32,34)/i1D3. The molecule has 9 nitrogen and oxygen atoms in total.